The fourth-order valence-electron chi connectivity index (χ4n) is 3.61. The second kappa shape index (κ2) is 8.20. The second-order valence-electron chi connectivity index (χ2n) is 6.85. The van der Waals surface area contributed by atoms with E-state index in [9.17, 15) is 13.6 Å². The molecule has 0 spiro atoms. The van der Waals surface area contributed by atoms with Gasteiger partial charge in [0.15, 0.2) is 11.6 Å². The van der Waals surface area contributed by atoms with Crippen LogP contribution in [0.3, 0.4) is 0 Å². The van der Waals surface area contributed by atoms with Gasteiger partial charge in [-0.25, -0.2) is 8.78 Å². The first-order valence-electron chi connectivity index (χ1n) is 9.14. The molecule has 1 amide bonds. The van der Waals surface area contributed by atoms with Gasteiger partial charge in [-0.05, 0) is 42.0 Å². The van der Waals surface area contributed by atoms with Crippen LogP contribution in [0.5, 0.6) is 0 Å². The van der Waals surface area contributed by atoms with Crippen molar-refractivity contribution in [1.82, 2.24) is 15.1 Å². The van der Waals surface area contributed by atoms with Crippen molar-refractivity contribution >= 4 is 23.1 Å². The molecule has 1 aliphatic heterocycles. The number of hydrogen-bond acceptors (Lipinski definition) is 4. The number of nitrogens with zero attached hydrogens (tertiary/aromatic N) is 3. The number of rotatable bonds is 5. The fraction of sp³-hybridized carbons (Fsp3) is 0.300. The van der Waals surface area contributed by atoms with Crippen molar-refractivity contribution in [2.24, 2.45) is 0 Å². The van der Waals surface area contributed by atoms with Crippen molar-refractivity contribution < 1.29 is 13.6 Å². The maximum atomic E-state index is 13.4. The average molecular weight is 402 g/mol. The lowest BCUT2D eigenvalue weighted by Crippen LogP contribution is -2.47. The molecule has 0 unspecified atom stereocenters. The predicted octanol–water partition coefficient (Wildman–Crippen LogP) is 4.06. The highest BCUT2D eigenvalue weighted by Gasteiger charge is 2.31. The van der Waals surface area contributed by atoms with Crippen molar-refractivity contribution in [3.63, 3.8) is 0 Å². The van der Waals surface area contributed by atoms with Crippen LogP contribution in [-0.4, -0.2) is 40.1 Å². The van der Waals surface area contributed by atoms with Gasteiger partial charge in [-0.1, -0.05) is 12.1 Å². The Morgan fingerprint density at radius 3 is 2.68 bits per heavy atom. The van der Waals surface area contributed by atoms with Crippen LogP contribution in [0, 0.1) is 11.6 Å². The number of benzene rings is 1. The summed E-state index contributed by atoms with van der Waals surface area (Å²) < 4.78 is 26.5. The molecule has 8 heteroatoms. The molecule has 3 heterocycles. The number of likely N-dealkylation sites (tertiary alicyclic amines) is 1. The number of hydrogen-bond donors (Lipinski definition) is 1. The van der Waals surface area contributed by atoms with Gasteiger partial charge in [0, 0.05) is 31.7 Å². The normalized spacial score (nSPS) is 15.6. The topological polar surface area (TPSA) is 52.2 Å². The summed E-state index contributed by atoms with van der Waals surface area (Å²) in [4.78, 5) is 17.7. The molecule has 0 atom stereocenters. The second-order valence-corrected chi connectivity index (χ2v) is 7.80. The highest BCUT2D eigenvalue weighted by Crippen LogP contribution is 2.26. The lowest BCUT2D eigenvalue weighted by Gasteiger charge is -2.37. The third-order valence-corrected chi connectivity index (χ3v) is 5.87. The molecule has 1 fully saturated rings. The van der Waals surface area contributed by atoms with E-state index in [1.165, 1.54) is 17.4 Å². The van der Waals surface area contributed by atoms with Gasteiger partial charge in [-0.15, -0.1) is 11.3 Å². The molecular weight excluding hydrogens is 382 g/mol. The zero-order chi connectivity index (χ0) is 19.5. The third-order valence-electron chi connectivity index (χ3n) is 5.01. The van der Waals surface area contributed by atoms with Crippen LogP contribution >= 0.6 is 11.3 Å². The number of H-pyrrole nitrogens is 1. The summed E-state index contributed by atoms with van der Waals surface area (Å²) in [6.07, 6.45) is 3.22. The van der Waals surface area contributed by atoms with E-state index < -0.39 is 11.6 Å². The number of halogens is 2. The van der Waals surface area contributed by atoms with Crippen LogP contribution in [0.4, 0.5) is 14.6 Å². The molecule has 0 bridgehead atoms. The van der Waals surface area contributed by atoms with Crippen molar-refractivity contribution in [2.75, 3.05) is 18.0 Å². The molecule has 1 N–H and O–H groups in total. The first kappa shape index (κ1) is 18.8. The third kappa shape index (κ3) is 3.98. The molecule has 4 rings (SSSR count). The number of carbonyl (C=O) groups is 1. The van der Waals surface area contributed by atoms with Gasteiger partial charge in [0.1, 0.15) is 5.82 Å². The van der Waals surface area contributed by atoms with E-state index in [1.54, 1.807) is 23.2 Å². The zero-order valence-corrected chi connectivity index (χ0v) is 16.0. The minimum atomic E-state index is -0.829. The summed E-state index contributed by atoms with van der Waals surface area (Å²) in [6, 6.07) is 9.58. The highest BCUT2D eigenvalue weighted by atomic mass is 32.1. The first-order chi connectivity index (χ1) is 13.6. The van der Waals surface area contributed by atoms with Crippen molar-refractivity contribution in [1.29, 1.82) is 0 Å². The maximum absolute atomic E-state index is 13.4. The Morgan fingerprint density at radius 2 is 2.04 bits per heavy atom. The molecule has 1 saturated heterocycles. The predicted molar refractivity (Wildman–Crippen MR) is 104 cm³/mol. The largest absolute Gasteiger partial charge is 0.299 e. The highest BCUT2D eigenvalue weighted by molar-refractivity contribution is 7.12. The molecule has 1 aromatic carbocycles. The van der Waals surface area contributed by atoms with Gasteiger partial charge >= 0.3 is 0 Å². The summed E-state index contributed by atoms with van der Waals surface area (Å²) in [5.74, 6) is -0.986. The van der Waals surface area contributed by atoms with E-state index in [1.807, 2.05) is 17.5 Å². The van der Waals surface area contributed by atoms with Crippen LogP contribution in [0.25, 0.3) is 0 Å². The van der Waals surface area contributed by atoms with Crippen LogP contribution in [0.15, 0.2) is 48.0 Å². The SMILES string of the molecule is O=C(c1cccs1)N(c1ccn[nH]1)C1CCN(Cc2ccc(F)c(F)c2)CC1. The number of amides is 1. The summed E-state index contributed by atoms with van der Waals surface area (Å²) in [5.41, 5.74) is 0.748. The van der Waals surface area contributed by atoms with Crippen molar-refractivity contribution in [3.05, 3.63) is 70.1 Å². The number of aromatic amines is 1. The molecule has 5 nitrogen and oxygen atoms in total. The Morgan fingerprint density at radius 1 is 1.21 bits per heavy atom. The number of carbonyl (C=O) groups excluding carboxylic acids is 1. The molecule has 1 aliphatic rings. The molecular formula is C20H20F2N4OS. The van der Waals surface area contributed by atoms with E-state index in [0.717, 1.165) is 37.6 Å². The van der Waals surface area contributed by atoms with Crippen LogP contribution < -0.4 is 4.90 Å². The van der Waals surface area contributed by atoms with Crippen molar-refractivity contribution in [3.8, 4) is 0 Å². The zero-order valence-electron chi connectivity index (χ0n) is 15.1. The summed E-state index contributed by atoms with van der Waals surface area (Å²) in [5, 5.41) is 8.80. The molecule has 0 aliphatic carbocycles. The van der Waals surface area contributed by atoms with Gasteiger partial charge in [0.2, 0.25) is 0 Å². The Kier molecular flexibility index (Phi) is 5.50. The molecule has 0 radical (unpaired) electrons. The number of piperidine rings is 1. The Hall–Kier alpha value is -2.58. The molecule has 0 saturated carbocycles. The van der Waals surface area contributed by atoms with Gasteiger partial charge in [0.05, 0.1) is 11.1 Å². The maximum Gasteiger partial charge on any atom is 0.269 e. The van der Waals surface area contributed by atoms with E-state index in [4.69, 9.17) is 0 Å². The van der Waals surface area contributed by atoms with E-state index in [0.29, 0.717) is 17.2 Å². The van der Waals surface area contributed by atoms with E-state index >= 15 is 0 Å². The Labute approximate surface area is 165 Å². The van der Waals surface area contributed by atoms with Crippen LogP contribution in [-0.2, 0) is 6.54 Å². The first-order valence-corrected chi connectivity index (χ1v) is 10.0. The van der Waals surface area contributed by atoms with Crippen molar-refractivity contribution in [2.45, 2.75) is 25.4 Å². The average Bonchev–Trinajstić information content (AvgIpc) is 3.40. The minimum Gasteiger partial charge on any atom is -0.299 e. The fourth-order valence-corrected chi connectivity index (χ4v) is 4.27. The number of thiophene rings is 1. The minimum absolute atomic E-state index is 0.0293. The van der Waals surface area contributed by atoms with E-state index in [2.05, 4.69) is 15.1 Å². The van der Waals surface area contributed by atoms with Crippen LogP contribution in [0.1, 0.15) is 28.1 Å². The molecule has 3 aromatic rings. The molecule has 146 valence electrons. The lowest BCUT2D eigenvalue weighted by molar-refractivity contribution is 0.0961. The number of nitrogens with one attached hydrogen (secondary N) is 1. The summed E-state index contributed by atoms with van der Waals surface area (Å²) >= 11 is 1.42. The van der Waals surface area contributed by atoms with Gasteiger partial charge in [0.25, 0.3) is 5.91 Å². The van der Waals surface area contributed by atoms with Gasteiger partial charge in [-0.2, -0.15) is 5.10 Å². The van der Waals surface area contributed by atoms with Gasteiger partial charge in [-0.3, -0.25) is 19.7 Å². The number of aromatic nitrogens is 2. The standard InChI is InChI=1S/C20H20F2N4OS/c21-16-4-3-14(12-17(16)22)13-25-9-6-15(7-10-25)26(19-5-8-23-24-19)20(27)18-2-1-11-28-18/h1-5,8,11-12,15H,6-7,9-10,13H2,(H,23,24). The molecule has 28 heavy (non-hydrogen) atoms. The van der Waals surface area contributed by atoms with Gasteiger partial charge < -0.3 is 0 Å². The number of anilines is 1. The van der Waals surface area contributed by atoms with Crippen LogP contribution in [0.2, 0.25) is 0 Å². The van der Waals surface area contributed by atoms with E-state index in [-0.39, 0.29) is 11.9 Å². The molecule has 2 aromatic heterocycles. The quantitative estimate of drug-likeness (QED) is 0.700. The lowest BCUT2D eigenvalue weighted by atomic mass is 10.0. The summed E-state index contributed by atoms with van der Waals surface area (Å²) in [6.45, 7) is 2.10. The smallest absolute Gasteiger partial charge is 0.269 e. The summed E-state index contributed by atoms with van der Waals surface area (Å²) in [7, 11) is 0. The monoisotopic (exact) mass is 402 g/mol. The Balaban J connectivity index is 1.44. The Bertz CT molecular complexity index is 922.